The fourth-order valence-corrected chi connectivity index (χ4v) is 3.28. The maximum Gasteiger partial charge on any atom is 0.284 e. The Bertz CT molecular complexity index is 944. The number of sulfonamides is 1. The van der Waals surface area contributed by atoms with Crippen molar-refractivity contribution in [1.82, 2.24) is 4.31 Å². The second kappa shape index (κ2) is 7.30. The Morgan fingerprint density at radius 2 is 1.88 bits per heavy atom. The van der Waals surface area contributed by atoms with Crippen molar-refractivity contribution in [3.8, 4) is 0 Å². The quantitative estimate of drug-likeness (QED) is 0.582. The normalized spacial score (nSPS) is 11.4. The number of rotatable bonds is 5. The van der Waals surface area contributed by atoms with Crippen LogP contribution in [0.4, 0.5) is 11.4 Å². The average molecular weight is 428 g/mol. The molecule has 0 aliphatic carbocycles. The maximum atomic E-state index is 12.3. The molecule has 0 spiro atoms. The number of carbonyl (C=O) groups is 1. The molecule has 0 saturated carbocycles. The van der Waals surface area contributed by atoms with Crippen LogP contribution < -0.4 is 5.32 Å². The number of halogens is 1. The van der Waals surface area contributed by atoms with E-state index in [4.69, 9.17) is 0 Å². The molecule has 1 N–H and O–H groups in total. The third kappa shape index (κ3) is 4.21. The zero-order valence-electron chi connectivity index (χ0n) is 13.3. The van der Waals surface area contributed by atoms with Crippen molar-refractivity contribution >= 4 is 43.2 Å². The van der Waals surface area contributed by atoms with E-state index in [2.05, 4.69) is 21.2 Å². The van der Waals surface area contributed by atoms with Gasteiger partial charge in [-0.05, 0) is 46.3 Å². The first kappa shape index (κ1) is 19.0. The van der Waals surface area contributed by atoms with Crippen LogP contribution in [-0.4, -0.2) is 37.6 Å². The van der Waals surface area contributed by atoms with Crippen LogP contribution in [-0.2, 0) is 10.0 Å². The SMILES string of the molecule is CN(C)S(=O)(=O)c1cccc(NC(=O)c2ccc(Br)c([N+](=O)[O-])c2)c1. The van der Waals surface area contributed by atoms with Gasteiger partial charge in [0.25, 0.3) is 11.6 Å². The highest BCUT2D eigenvalue weighted by Crippen LogP contribution is 2.26. The standard InChI is InChI=1S/C15H14BrN3O5S/c1-18(2)25(23,24)12-5-3-4-11(9-12)17-15(20)10-6-7-13(16)14(8-10)19(21)22/h3-9H,1-2H3,(H,17,20). The predicted octanol–water partition coefficient (Wildman–Crippen LogP) is 2.86. The Balaban J connectivity index is 2.30. The molecular weight excluding hydrogens is 414 g/mol. The molecule has 2 aromatic rings. The number of nitrogens with zero attached hydrogens (tertiary/aromatic N) is 2. The van der Waals surface area contributed by atoms with Gasteiger partial charge in [-0.3, -0.25) is 14.9 Å². The molecule has 2 aromatic carbocycles. The summed E-state index contributed by atoms with van der Waals surface area (Å²) in [6, 6.07) is 9.72. The molecule has 2 rings (SSSR count). The van der Waals surface area contributed by atoms with Crippen molar-refractivity contribution in [3.63, 3.8) is 0 Å². The zero-order chi connectivity index (χ0) is 18.8. The molecule has 0 fully saturated rings. The number of amides is 1. The van der Waals surface area contributed by atoms with E-state index in [0.29, 0.717) is 0 Å². The summed E-state index contributed by atoms with van der Waals surface area (Å²) >= 11 is 3.05. The summed E-state index contributed by atoms with van der Waals surface area (Å²) in [6.45, 7) is 0. The van der Waals surface area contributed by atoms with E-state index >= 15 is 0 Å². The van der Waals surface area contributed by atoms with E-state index < -0.39 is 20.9 Å². The second-order valence-corrected chi connectivity index (χ2v) is 8.20. The van der Waals surface area contributed by atoms with Gasteiger partial charge in [0.15, 0.2) is 0 Å². The largest absolute Gasteiger partial charge is 0.322 e. The number of benzene rings is 2. The van der Waals surface area contributed by atoms with E-state index in [9.17, 15) is 23.3 Å². The molecule has 132 valence electrons. The van der Waals surface area contributed by atoms with Gasteiger partial charge in [0.05, 0.1) is 14.3 Å². The fraction of sp³-hybridized carbons (Fsp3) is 0.133. The first-order valence-electron chi connectivity index (χ1n) is 6.91. The van der Waals surface area contributed by atoms with Gasteiger partial charge in [-0.2, -0.15) is 0 Å². The van der Waals surface area contributed by atoms with Crippen LogP contribution in [0.2, 0.25) is 0 Å². The van der Waals surface area contributed by atoms with Gasteiger partial charge in [-0.1, -0.05) is 6.07 Å². The summed E-state index contributed by atoms with van der Waals surface area (Å²) in [5.74, 6) is -0.588. The van der Waals surface area contributed by atoms with Crippen molar-refractivity contribution in [2.24, 2.45) is 0 Å². The monoisotopic (exact) mass is 427 g/mol. The number of anilines is 1. The zero-order valence-corrected chi connectivity index (χ0v) is 15.7. The minimum absolute atomic E-state index is 0.0251. The van der Waals surface area contributed by atoms with Gasteiger partial charge in [-0.25, -0.2) is 12.7 Å². The van der Waals surface area contributed by atoms with E-state index in [1.165, 1.54) is 50.5 Å². The van der Waals surface area contributed by atoms with Gasteiger partial charge >= 0.3 is 0 Å². The van der Waals surface area contributed by atoms with Crippen molar-refractivity contribution in [2.45, 2.75) is 4.90 Å². The maximum absolute atomic E-state index is 12.3. The average Bonchev–Trinajstić information content (AvgIpc) is 2.55. The summed E-state index contributed by atoms with van der Waals surface area (Å²) in [4.78, 5) is 22.7. The minimum Gasteiger partial charge on any atom is -0.322 e. The lowest BCUT2D eigenvalue weighted by Crippen LogP contribution is -2.22. The lowest BCUT2D eigenvalue weighted by molar-refractivity contribution is -0.385. The van der Waals surface area contributed by atoms with Crippen LogP contribution in [0.3, 0.4) is 0 Å². The molecule has 0 aliphatic heterocycles. The lowest BCUT2D eigenvalue weighted by Gasteiger charge is -2.12. The Kier molecular flexibility index (Phi) is 5.55. The second-order valence-electron chi connectivity index (χ2n) is 5.19. The van der Waals surface area contributed by atoms with Crippen LogP contribution in [0.5, 0.6) is 0 Å². The lowest BCUT2D eigenvalue weighted by atomic mass is 10.2. The number of carbonyl (C=O) groups excluding carboxylic acids is 1. The van der Waals surface area contributed by atoms with Crippen LogP contribution >= 0.6 is 15.9 Å². The molecular formula is C15H14BrN3O5S. The Hall–Kier alpha value is -2.30. The van der Waals surface area contributed by atoms with E-state index in [1.54, 1.807) is 0 Å². The van der Waals surface area contributed by atoms with E-state index in [1.807, 2.05) is 0 Å². The smallest absolute Gasteiger partial charge is 0.284 e. The third-order valence-electron chi connectivity index (χ3n) is 3.28. The van der Waals surface area contributed by atoms with Crippen molar-refractivity contribution in [2.75, 3.05) is 19.4 Å². The van der Waals surface area contributed by atoms with Gasteiger partial charge in [0, 0.05) is 31.4 Å². The molecule has 10 heteroatoms. The van der Waals surface area contributed by atoms with Gasteiger partial charge < -0.3 is 5.32 Å². The number of hydrogen-bond donors (Lipinski definition) is 1. The molecule has 1 amide bonds. The van der Waals surface area contributed by atoms with Crippen molar-refractivity contribution in [3.05, 3.63) is 62.6 Å². The molecule has 25 heavy (non-hydrogen) atoms. The Labute approximate surface area is 152 Å². The minimum atomic E-state index is -3.64. The summed E-state index contributed by atoms with van der Waals surface area (Å²) in [5, 5.41) is 13.5. The first-order chi connectivity index (χ1) is 11.6. The number of hydrogen-bond acceptors (Lipinski definition) is 5. The van der Waals surface area contributed by atoms with Crippen molar-refractivity contribution < 1.29 is 18.1 Å². The van der Waals surface area contributed by atoms with Gasteiger partial charge in [0.2, 0.25) is 10.0 Å². The summed E-state index contributed by atoms with van der Waals surface area (Å²) in [7, 11) is -0.828. The molecule has 0 aromatic heterocycles. The Morgan fingerprint density at radius 3 is 2.48 bits per heavy atom. The third-order valence-corrected chi connectivity index (χ3v) is 5.76. The van der Waals surface area contributed by atoms with Crippen LogP contribution in [0.1, 0.15) is 10.4 Å². The molecule has 0 aliphatic rings. The van der Waals surface area contributed by atoms with Crippen LogP contribution in [0.25, 0.3) is 0 Å². The molecule has 0 atom stereocenters. The summed E-state index contributed by atoms with van der Waals surface area (Å²) < 4.78 is 25.6. The molecule has 0 heterocycles. The Morgan fingerprint density at radius 1 is 1.20 bits per heavy atom. The predicted molar refractivity (Wildman–Crippen MR) is 96.1 cm³/mol. The topological polar surface area (TPSA) is 110 Å². The van der Waals surface area contributed by atoms with Gasteiger partial charge in [-0.15, -0.1) is 0 Å². The number of nitro benzene ring substituents is 1. The summed E-state index contributed by atoms with van der Waals surface area (Å²) in [5.41, 5.74) is 0.103. The van der Waals surface area contributed by atoms with Gasteiger partial charge in [0.1, 0.15) is 0 Å². The fourth-order valence-electron chi connectivity index (χ4n) is 1.94. The van der Waals surface area contributed by atoms with Crippen LogP contribution in [0.15, 0.2) is 51.8 Å². The molecule has 0 unspecified atom stereocenters. The molecule has 0 saturated heterocycles. The van der Waals surface area contributed by atoms with E-state index in [0.717, 1.165) is 10.4 Å². The van der Waals surface area contributed by atoms with Crippen molar-refractivity contribution in [1.29, 1.82) is 0 Å². The first-order valence-corrected chi connectivity index (χ1v) is 9.14. The number of nitrogens with one attached hydrogen (secondary N) is 1. The highest BCUT2D eigenvalue weighted by Gasteiger charge is 2.19. The molecule has 8 nitrogen and oxygen atoms in total. The van der Waals surface area contributed by atoms with Crippen LogP contribution in [0, 0.1) is 10.1 Å². The highest BCUT2D eigenvalue weighted by molar-refractivity contribution is 9.10. The number of nitro groups is 1. The highest BCUT2D eigenvalue weighted by atomic mass is 79.9. The molecule has 0 radical (unpaired) electrons. The van der Waals surface area contributed by atoms with E-state index in [-0.39, 0.29) is 26.3 Å². The summed E-state index contributed by atoms with van der Waals surface area (Å²) in [6.07, 6.45) is 0. The molecule has 0 bridgehead atoms.